The van der Waals surface area contributed by atoms with E-state index in [1.165, 1.54) is 11.9 Å². The zero-order chi connectivity index (χ0) is 28.6. The van der Waals surface area contributed by atoms with Crippen LogP contribution in [0.3, 0.4) is 0 Å². The zero-order valence-corrected chi connectivity index (χ0v) is 24.3. The average Bonchev–Trinajstić information content (AvgIpc) is 2.91. The van der Waals surface area contributed by atoms with Gasteiger partial charge in [-0.25, -0.2) is 8.42 Å². The van der Waals surface area contributed by atoms with Crippen LogP contribution >= 0.6 is 23.2 Å². The molecular weight excluding hydrogens is 561 g/mol. The number of nitrogens with zero attached hydrogens (tertiary/aromatic N) is 2. The van der Waals surface area contributed by atoms with Crippen LogP contribution in [-0.4, -0.2) is 57.6 Å². The van der Waals surface area contributed by atoms with Crippen molar-refractivity contribution in [3.63, 3.8) is 0 Å². The van der Waals surface area contributed by atoms with Crippen molar-refractivity contribution >= 4 is 50.7 Å². The number of carbonyl (C=O) groups excluding carboxylic acids is 2. The van der Waals surface area contributed by atoms with Gasteiger partial charge in [0.2, 0.25) is 21.8 Å². The Balaban J connectivity index is 2.07. The first-order chi connectivity index (χ1) is 18.5. The molecule has 39 heavy (non-hydrogen) atoms. The normalized spacial score (nSPS) is 11.9. The van der Waals surface area contributed by atoms with E-state index in [0.717, 1.165) is 16.1 Å². The molecule has 2 amide bonds. The Morgan fingerprint density at radius 2 is 1.62 bits per heavy atom. The highest BCUT2D eigenvalue weighted by Crippen LogP contribution is 2.30. The van der Waals surface area contributed by atoms with Gasteiger partial charge in [-0.05, 0) is 42.3 Å². The number of halogens is 2. The monoisotopic (exact) mass is 591 g/mol. The lowest BCUT2D eigenvalue weighted by Gasteiger charge is -2.33. The molecule has 1 atom stereocenters. The first kappa shape index (κ1) is 30.3. The maximum absolute atomic E-state index is 14.0. The maximum atomic E-state index is 14.0. The van der Waals surface area contributed by atoms with Crippen molar-refractivity contribution in [2.45, 2.75) is 25.9 Å². The van der Waals surface area contributed by atoms with Gasteiger partial charge in [0.1, 0.15) is 18.3 Å². The van der Waals surface area contributed by atoms with Crippen LogP contribution in [0.25, 0.3) is 0 Å². The largest absolute Gasteiger partial charge is 0.492 e. The van der Waals surface area contributed by atoms with Crippen LogP contribution in [0.1, 0.15) is 18.1 Å². The fourth-order valence-electron chi connectivity index (χ4n) is 4.09. The summed E-state index contributed by atoms with van der Waals surface area (Å²) in [6.45, 7) is 1.53. The van der Waals surface area contributed by atoms with Gasteiger partial charge in [-0.1, -0.05) is 71.7 Å². The number of likely N-dealkylation sites (N-methyl/N-ethyl adjacent to an activating group) is 1. The summed E-state index contributed by atoms with van der Waals surface area (Å²) in [5.41, 5.74) is 1.68. The molecule has 0 saturated heterocycles. The molecule has 0 spiro atoms. The van der Waals surface area contributed by atoms with Crippen LogP contribution < -0.4 is 14.4 Å². The van der Waals surface area contributed by atoms with Gasteiger partial charge in [0.15, 0.2) is 0 Å². The fourth-order valence-corrected chi connectivity index (χ4v) is 5.26. The first-order valence-corrected chi connectivity index (χ1v) is 14.8. The number of para-hydroxylation sites is 2. The summed E-state index contributed by atoms with van der Waals surface area (Å²) in [7, 11) is -2.43. The maximum Gasteiger partial charge on any atom is 0.244 e. The average molecular weight is 593 g/mol. The molecule has 0 aliphatic carbocycles. The summed E-state index contributed by atoms with van der Waals surface area (Å²) in [5.74, 6) is -0.656. The van der Waals surface area contributed by atoms with Gasteiger partial charge in [0.25, 0.3) is 0 Å². The van der Waals surface area contributed by atoms with Gasteiger partial charge in [-0.3, -0.25) is 13.9 Å². The van der Waals surface area contributed by atoms with Crippen molar-refractivity contribution in [2.24, 2.45) is 0 Å². The van der Waals surface area contributed by atoms with Crippen LogP contribution in [0.5, 0.6) is 5.75 Å². The Bertz CT molecular complexity index is 1400. The molecule has 0 heterocycles. The van der Waals surface area contributed by atoms with E-state index in [1.807, 2.05) is 30.3 Å². The second-order valence-electron chi connectivity index (χ2n) is 8.76. The Morgan fingerprint density at radius 3 is 2.23 bits per heavy atom. The molecule has 0 aliphatic heterocycles. The van der Waals surface area contributed by atoms with Crippen molar-refractivity contribution in [3.05, 3.63) is 94.0 Å². The zero-order valence-electron chi connectivity index (χ0n) is 21.9. The fraction of sp³-hybridized carbons (Fsp3) is 0.286. The lowest BCUT2D eigenvalue weighted by molar-refractivity contribution is -0.139. The van der Waals surface area contributed by atoms with Gasteiger partial charge in [0, 0.05) is 20.0 Å². The number of hydrogen-bond acceptors (Lipinski definition) is 5. The van der Waals surface area contributed by atoms with Crippen LogP contribution in [0.15, 0.2) is 72.8 Å². The molecule has 0 fully saturated rings. The van der Waals surface area contributed by atoms with Gasteiger partial charge < -0.3 is 15.0 Å². The Hall–Kier alpha value is -3.27. The van der Waals surface area contributed by atoms with Gasteiger partial charge in [-0.15, -0.1) is 0 Å². The standard InChI is InChI=1S/C28H31Cl2N3O5S/c1-4-38-26-13-9-8-12-24(26)33(39(3,36)37)19-27(34)32(18-21-14-15-22(29)23(30)16-21)25(28(35)31-2)17-20-10-6-5-7-11-20/h5-16,25H,4,17-19H2,1-3H3,(H,31,35). The number of benzene rings is 3. The number of hydrogen-bond donors (Lipinski definition) is 1. The molecule has 8 nitrogen and oxygen atoms in total. The summed E-state index contributed by atoms with van der Waals surface area (Å²) in [5, 5.41) is 3.28. The minimum absolute atomic E-state index is 0.00858. The minimum atomic E-state index is -3.92. The van der Waals surface area contributed by atoms with Crippen molar-refractivity contribution in [1.29, 1.82) is 0 Å². The highest BCUT2D eigenvalue weighted by Gasteiger charge is 2.33. The van der Waals surface area contributed by atoms with Crippen molar-refractivity contribution in [1.82, 2.24) is 10.2 Å². The van der Waals surface area contributed by atoms with Gasteiger partial charge >= 0.3 is 0 Å². The summed E-state index contributed by atoms with van der Waals surface area (Å²) >= 11 is 12.3. The van der Waals surface area contributed by atoms with Crippen molar-refractivity contribution < 1.29 is 22.7 Å². The lowest BCUT2D eigenvalue weighted by atomic mass is 10.0. The van der Waals surface area contributed by atoms with E-state index < -0.39 is 34.4 Å². The predicted octanol–water partition coefficient (Wildman–Crippen LogP) is 4.54. The number of carbonyl (C=O) groups is 2. The second kappa shape index (κ2) is 13.7. The van der Waals surface area contributed by atoms with E-state index in [9.17, 15) is 18.0 Å². The van der Waals surface area contributed by atoms with E-state index in [2.05, 4.69) is 5.32 Å². The molecule has 0 aliphatic rings. The van der Waals surface area contributed by atoms with Gasteiger partial charge in [0.05, 0.1) is 28.6 Å². The highest BCUT2D eigenvalue weighted by atomic mass is 35.5. The molecule has 0 saturated carbocycles. The van der Waals surface area contributed by atoms with E-state index >= 15 is 0 Å². The molecule has 1 N–H and O–H groups in total. The molecule has 0 bridgehead atoms. The molecule has 0 radical (unpaired) electrons. The second-order valence-corrected chi connectivity index (χ2v) is 11.5. The van der Waals surface area contributed by atoms with E-state index in [-0.39, 0.29) is 18.7 Å². The summed E-state index contributed by atoms with van der Waals surface area (Å²) in [6, 6.07) is 19.8. The Kier molecular flexibility index (Phi) is 10.6. The molecule has 0 aromatic heterocycles. The van der Waals surface area contributed by atoms with E-state index in [4.69, 9.17) is 27.9 Å². The predicted molar refractivity (Wildman–Crippen MR) is 155 cm³/mol. The third-order valence-electron chi connectivity index (χ3n) is 5.97. The number of rotatable bonds is 12. The number of nitrogens with one attached hydrogen (secondary N) is 1. The van der Waals surface area contributed by atoms with Crippen molar-refractivity contribution in [3.8, 4) is 5.75 Å². The molecule has 11 heteroatoms. The smallest absolute Gasteiger partial charge is 0.244 e. The van der Waals surface area contributed by atoms with Crippen molar-refractivity contribution in [2.75, 3.05) is 30.8 Å². The number of sulfonamides is 1. The molecule has 3 aromatic rings. The summed E-state index contributed by atoms with van der Waals surface area (Å²) in [4.78, 5) is 28.5. The number of anilines is 1. The molecule has 3 rings (SSSR count). The van der Waals surface area contributed by atoms with Crippen LogP contribution in [0.4, 0.5) is 5.69 Å². The molecule has 3 aromatic carbocycles. The Morgan fingerprint density at radius 1 is 0.949 bits per heavy atom. The van der Waals surface area contributed by atoms with Gasteiger partial charge in [-0.2, -0.15) is 0 Å². The highest BCUT2D eigenvalue weighted by molar-refractivity contribution is 7.92. The molecule has 208 valence electrons. The molecule has 1 unspecified atom stereocenters. The van der Waals surface area contributed by atoms with E-state index in [1.54, 1.807) is 49.4 Å². The number of ether oxygens (including phenoxy) is 1. The van der Waals surface area contributed by atoms with Crippen LogP contribution in [0, 0.1) is 0 Å². The SMILES string of the molecule is CCOc1ccccc1N(CC(=O)N(Cc1ccc(Cl)c(Cl)c1)C(Cc1ccccc1)C(=O)NC)S(C)(=O)=O. The minimum Gasteiger partial charge on any atom is -0.492 e. The lowest BCUT2D eigenvalue weighted by Crippen LogP contribution is -2.52. The van der Waals surface area contributed by atoms with E-state index in [0.29, 0.717) is 28.0 Å². The summed E-state index contributed by atoms with van der Waals surface area (Å²) < 4.78 is 32.5. The van der Waals surface area contributed by atoms with Crippen LogP contribution in [0.2, 0.25) is 10.0 Å². The summed E-state index contributed by atoms with van der Waals surface area (Å²) in [6.07, 6.45) is 1.23. The first-order valence-electron chi connectivity index (χ1n) is 12.2. The third-order valence-corrected chi connectivity index (χ3v) is 7.83. The van der Waals surface area contributed by atoms with Crippen LogP contribution in [-0.2, 0) is 32.6 Å². The molecular formula is C28H31Cl2N3O5S. The number of amides is 2. The quantitative estimate of drug-likeness (QED) is 0.333. The topological polar surface area (TPSA) is 96.0 Å². The third kappa shape index (κ3) is 8.11. The Labute approximate surface area is 239 Å².